The van der Waals surface area contributed by atoms with E-state index in [-0.39, 0.29) is 28.1 Å². The number of anilines is 2. The Labute approximate surface area is 162 Å². The SMILES string of the molecule is Nc1c(Cl)ccc(C(=O)Nc2cccc(CN3CCCCC3=O)c2)c1Cl. The zero-order valence-corrected chi connectivity index (χ0v) is 15.6. The molecule has 0 atom stereocenters. The van der Waals surface area contributed by atoms with Crippen molar-refractivity contribution in [1.82, 2.24) is 4.90 Å². The molecule has 0 aliphatic carbocycles. The average Bonchev–Trinajstić information content (AvgIpc) is 2.62. The maximum Gasteiger partial charge on any atom is 0.257 e. The van der Waals surface area contributed by atoms with Gasteiger partial charge in [-0.05, 0) is 42.7 Å². The predicted molar refractivity (Wildman–Crippen MR) is 105 cm³/mol. The van der Waals surface area contributed by atoms with E-state index in [9.17, 15) is 9.59 Å². The number of hydrogen-bond acceptors (Lipinski definition) is 3. The summed E-state index contributed by atoms with van der Waals surface area (Å²) in [6.07, 6.45) is 2.59. The Morgan fingerprint density at radius 1 is 1.19 bits per heavy atom. The van der Waals surface area contributed by atoms with Crippen LogP contribution < -0.4 is 11.1 Å². The second-order valence-corrected chi connectivity index (χ2v) is 7.03. The molecule has 1 aliphatic rings. The lowest BCUT2D eigenvalue weighted by Crippen LogP contribution is -2.34. The zero-order valence-electron chi connectivity index (χ0n) is 14.1. The fraction of sp³-hybridized carbons (Fsp3) is 0.263. The molecule has 1 fully saturated rings. The van der Waals surface area contributed by atoms with Gasteiger partial charge in [-0.2, -0.15) is 0 Å². The lowest BCUT2D eigenvalue weighted by molar-refractivity contribution is -0.133. The van der Waals surface area contributed by atoms with Gasteiger partial charge < -0.3 is 16.0 Å². The van der Waals surface area contributed by atoms with E-state index >= 15 is 0 Å². The summed E-state index contributed by atoms with van der Waals surface area (Å²) in [5, 5.41) is 3.24. The molecule has 2 amide bonds. The lowest BCUT2D eigenvalue weighted by Gasteiger charge is -2.26. The Bertz CT molecular complexity index is 855. The van der Waals surface area contributed by atoms with Crippen LogP contribution in [-0.2, 0) is 11.3 Å². The van der Waals surface area contributed by atoms with Crippen molar-refractivity contribution < 1.29 is 9.59 Å². The summed E-state index contributed by atoms with van der Waals surface area (Å²) in [5.41, 5.74) is 7.79. The summed E-state index contributed by atoms with van der Waals surface area (Å²) >= 11 is 12.0. The molecule has 2 aromatic rings. The number of carbonyl (C=O) groups is 2. The van der Waals surface area contributed by atoms with Crippen LogP contribution in [0, 0.1) is 0 Å². The first-order valence-corrected chi connectivity index (χ1v) is 9.13. The molecule has 0 saturated carbocycles. The van der Waals surface area contributed by atoms with Crippen LogP contribution in [0.3, 0.4) is 0 Å². The van der Waals surface area contributed by atoms with E-state index in [4.69, 9.17) is 28.9 Å². The molecule has 5 nitrogen and oxygen atoms in total. The number of piperidine rings is 1. The summed E-state index contributed by atoms with van der Waals surface area (Å²) < 4.78 is 0. The van der Waals surface area contributed by atoms with Crippen molar-refractivity contribution in [3.8, 4) is 0 Å². The number of rotatable bonds is 4. The van der Waals surface area contributed by atoms with Crippen molar-refractivity contribution in [2.45, 2.75) is 25.8 Å². The first-order valence-electron chi connectivity index (χ1n) is 8.37. The second-order valence-electron chi connectivity index (χ2n) is 6.25. The average molecular weight is 392 g/mol. The van der Waals surface area contributed by atoms with Crippen molar-refractivity contribution in [3.63, 3.8) is 0 Å². The number of carbonyl (C=O) groups excluding carboxylic acids is 2. The molecular formula is C19H19Cl2N3O2. The van der Waals surface area contributed by atoms with Gasteiger partial charge in [0.25, 0.3) is 5.91 Å². The van der Waals surface area contributed by atoms with Crippen molar-refractivity contribution >= 4 is 46.4 Å². The molecule has 0 unspecified atom stereocenters. The van der Waals surface area contributed by atoms with Crippen LogP contribution in [0.2, 0.25) is 10.0 Å². The quantitative estimate of drug-likeness (QED) is 0.760. The molecule has 26 heavy (non-hydrogen) atoms. The molecule has 1 heterocycles. The molecule has 0 bridgehead atoms. The summed E-state index contributed by atoms with van der Waals surface area (Å²) in [5.74, 6) is -0.196. The molecule has 1 saturated heterocycles. The van der Waals surface area contributed by atoms with Gasteiger partial charge in [0.2, 0.25) is 5.91 Å². The third-order valence-corrected chi connectivity index (χ3v) is 5.09. The molecule has 3 rings (SSSR count). The maximum atomic E-state index is 12.5. The van der Waals surface area contributed by atoms with Crippen molar-refractivity contribution in [3.05, 3.63) is 57.6 Å². The molecule has 0 spiro atoms. The van der Waals surface area contributed by atoms with Gasteiger partial charge in [0.05, 0.1) is 21.3 Å². The van der Waals surface area contributed by atoms with E-state index < -0.39 is 0 Å². The highest BCUT2D eigenvalue weighted by atomic mass is 35.5. The molecule has 2 aromatic carbocycles. The minimum Gasteiger partial charge on any atom is -0.396 e. The van der Waals surface area contributed by atoms with Crippen LogP contribution in [0.1, 0.15) is 35.2 Å². The van der Waals surface area contributed by atoms with Crippen molar-refractivity contribution in [2.75, 3.05) is 17.6 Å². The number of halogens is 2. The highest BCUT2D eigenvalue weighted by molar-refractivity contribution is 6.41. The smallest absolute Gasteiger partial charge is 0.257 e. The Kier molecular flexibility index (Phi) is 5.69. The van der Waals surface area contributed by atoms with Crippen LogP contribution >= 0.6 is 23.2 Å². The molecule has 1 aliphatic heterocycles. The Balaban J connectivity index is 1.73. The topological polar surface area (TPSA) is 75.4 Å². The first-order chi connectivity index (χ1) is 12.5. The number of amides is 2. The van der Waals surface area contributed by atoms with Gasteiger partial charge in [-0.25, -0.2) is 0 Å². The van der Waals surface area contributed by atoms with E-state index in [2.05, 4.69) is 5.32 Å². The van der Waals surface area contributed by atoms with Crippen LogP contribution in [0.25, 0.3) is 0 Å². The van der Waals surface area contributed by atoms with Gasteiger partial charge in [-0.3, -0.25) is 9.59 Å². The molecule has 0 aromatic heterocycles. The standard InChI is InChI=1S/C19H19Cl2N3O2/c20-15-8-7-14(17(21)18(15)22)19(26)23-13-5-3-4-12(10-13)11-24-9-2-1-6-16(24)25/h3-5,7-8,10H,1-2,6,9,11,22H2,(H,23,26). The number of nitrogens with two attached hydrogens (primary N) is 1. The summed E-state index contributed by atoms with van der Waals surface area (Å²) in [6.45, 7) is 1.31. The number of likely N-dealkylation sites (tertiary alicyclic amines) is 1. The van der Waals surface area contributed by atoms with Crippen molar-refractivity contribution in [1.29, 1.82) is 0 Å². The fourth-order valence-electron chi connectivity index (χ4n) is 2.94. The van der Waals surface area contributed by atoms with E-state index in [1.54, 1.807) is 6.07 Å². The first kappa shape index (κ1) is 18.5. The van der Waals surface area contributed by atoms with Gasteiger partial charge in [0.1, 0.15) is 0 Å². The van der Waals surface area contributed by atoms with Crippen molar-refractivity contribution in [2.24, 2.45) is 0 Å². The number of nitrogens with one attached hydrogen (secondary N) is 1. The van der Waals surface area contributed by atoms with Crippen LogP contribution in [0.15, 0.2) is 36.4 Å². The normalized spacial score (nSPS) is 14.4. The molecule has 3 N–H and O–H groups in total. The van der Waals surface area contributed by atoms with E-state index in [1.807, 2.05) is 23.1 Å². The highest BCUT2D eigenvalue weighted by Gasteiger charge is 2.18. The Hall–Kier alpha value is -2.24. The zero-order chi connectivity index (χ0) is 18.7. The number of nitrogens with zero attached hydrogens (tertiary/aromatic N) is 1. The van der Waals surface area contributed by atoms with Gasteiger partial charge in [0.15, 0.2) is 0 Å². The number of hydrogen-bond donors (Lipinski definition) is 2. The van der Waals surface area contributed by atoms with E-state index in [0.717, 1.165) is 24.9 Å². The van der Waals surface area contributed by atoms with Gasteiger partial charge in [0, 0.05) is 25.2 Å². The maximum absolute atomic E-state index is 12.5. The minimum absolute atomic E-state index is 0.130. The molecule has 7 heteroatoms. The highest BCUT2D eigenvalue weighted by Crippen LogP contribution is 2.31. The monoisotopic (exact) mass is 391 g/mol. The fourth-order valence-corrected chi connectivity index (χ4v) is 3.40. The third kappa shape index (κ3) is 4.11. The lowest BCUT2D eigenvalue weighted by atomic mass is 10.1. The van der Waals surface area contributed by atoms with Crippen LogP contribution in [-0.4, -0.2) is 23.3 Å². The van der Waals surface area contributed by atoms with Gasteiger partial charge in [-0.15, -0.1) is 0 Å². The van der Waals surface area contributed by atoms with Crippen LogP contribution in [0.5, 0.6) is 0 Å². The van der Waals surface area contributed by atoms with Gasteiger partial charge >= 0.3 is 0 Å². The molecular weight excluding hydrogens is 373 g/mol. The largest absolute Gasteiger partial charge is 0.396 e. The Morgan fingerprint density at radius 2 is 2.00 bits per heavy atom. The van der Waals surface area contributed by atoms with Gasteiger partial charge in [-0.1, -0.05) is 35.3 Å². The molecule has 0 radical (unpaired) electrons. The number of benzene rings is 2. The summed E-state index contributed by atoms with van der Waals surface area (Å²) in [4.78, 5) is 26.3. The Morgan fingerprint density at radius 3 is 2.77 bits per heavy atom. The summed E-state index contributed by atoms with van der Waals surface area (Å²) in [7, 11) is 0. The minimum atomic E-state index is -0.371. The third-order valence-electron chi connectivity index (χ3n) is 4.35. The predicted octanol–water partition coefficient (Wildman–Crippen LogP) is 4.34. The van der Waals surface area contributed by atoms with E-state index in [1.165, 1.54) is 12.1 Å². The summed E-state index contributed by atoms with van der Waals surface area (Å²) in [6, 6.07) is 10.5. The van der Waals surface area contributed by atoms with Crippen LogP contribution in [0.4, 0.5) is 11.4 Å². The van der Waals surface area contributed by atoms with E-state index in [0.29, 0.717) is 23.7 Å². The number of nitrogen functional groups attached to an aromatic ring is 1. The molecule has 136 valence electrons. The second kappa shape index (κ2) is 7.98.